The summed E-state index contributed by atoms with van der Waals surface area (Å²) < 4.78 is 38.3. The van der Waals surface area contributed by atoms with Crippen molar-refractivity contribution in [2.45, 2.75) is 167 Å². The Balaban J connectivity index is 2.38. The van der Waals surface area contributed by atoms with Crippen LogP contribution in [0.25, 0.3) is 0 Å². The summed E-state index contributed by atoms with van der Waals surface area (Å²) in [6.07, 6.45) is 50.9. The van der Waals surface area contributed by atoms with Gasteiger partial charge in [0.15, 0.2) is 6.10 Å². The Kier molecular flexibility index (Phi) is 34.6. The van der Waals surface area contributed by atoms with Gasteiger partial charge in [0, 0.05) is 12.8 Å². The Morgan fingerprint density at radius 3 is 1.56 bits per heavy atom. The average molecular weight is 874 g/mol. The van der Waals surface area contributed by atoms with Crippen LogP contribution in [0.5, 0.6) is 0 Å². The van der Waals surface area contributed by atoms with Crippen LogP contribution in [0, 0.1) is 0 Å². The van der Waals surface area contributed by atoms with Gasteiger partial charge in [-0.25, -0.2) is 4.57 Å². The second-order valence-corrected chi connectivity index (χ2v) is 16.3. The number of phosphoric acid groups is 1. The molecule has 1 fully saturated rings. The maximum Gasteiger partial charge on any atom is 0.472 e. The number of epoxide rings is 1. The number of nitrogens with two attached hydrogens (primary N) is 1. The van der Waals surface area contributed by atoms with Crippen molar-refractivity contribution in [2.75, 3.05) is 19.8 Å². The third-order valence-corrected chi connectivity index (χ3v) is 10.2. The van der Waals surface area contributed by atoms with Crippen LogP contribution < -0.4 is 5.73 Å². The van der Waals surface area contributed by atoms with E-state index in [2.05, 4.69) is 91.3 Å². The topological polar surface area (TPSA) is 184 Å². The van der Waals surface area contributed by atoms with Crippen LogP contribution in [-0.2, 0) is 42.2 Å². The van der Waals surface area contributed by atoms with Crippen LogP contribution in [0.15, 0.2) is 97.2 Å². The fourth-order valence-electron chi connectivity index (χ4n) is 5.55. The van der Waals surface area contributed by atoms with E-state index < -0.39 is 57.7 Å². The first-order valence-electron chi connectivity index (χ1n) is 22.4. The fraction of sp³-hybridized carbons (Fsp3) is 0.604. The molecule has 344 valence electrons. The van der Waals surface area contributed by atoms with Crippen molar-refractivity contribution in [3.63, 3.8) is 0 Å². The highest BCUT2D eigenvalue weighted by Crippen LogP contribution is 2.43. The first kappa shape index (κ1) is 55.4. The molecule has 1 rings (SSSR count). The van der Waals surface area contributed by atoms with E-state index in [1.165, 1.54) is 38.5 Å². The fourth-order valence-corrected chi connectivity index (χ4v) is 6.33. The van der Waals surface area contributed by atoms with Gasteiger partial charge in [-0.05, 0) is 89.9 Å². The number of hydrogen-bond acceptors (Lipinski definition) is 10. The molecular weight excluding hydrogens is 797 g/mol. The van der Waals surface area contributed by atoms with Gasteiger partial charge in [-0.1, -0.05) is 137 Å². The van der Waals surface area contributed by atoms with Gasteiger partial charge in [0.25, 0.3) is 0 Å². The molecule has 1 aliphatic rings. The number of ether oxygens (including phenoxy) is 3. The monoisotopic (exact) mass is 874 g/mol. The van der Waals surface area contributed by atoms with Crippen LogP contribution >= 0.6 is 7.82 Å². The molecule has 0 bridgehead atoms. The molecule has 0 amide bonds. The van der Waals surface area contributed by atoms with Gasteiger partial charge in [-0.15, -0.1) is 0 Å². The second-order valence-electron chi connectivity index (χ2n) is 14.9. The van der Waals surface area contributed by atoms with Crippen LogP contribution in [-0.4, -0.2) is 72.1 Å². The summed E-state index contributed by atoms with van der Waals surface area (Å²) in [6, 6.07) is -1.55. The maximum atomic E-state index is 12.6. The molecule has 12 nitrogen and oxygen atoms in total. The summed E-state index contributed by atoms with van der Waals surface area (Å²) in [5, 5.41) is 8.90. The van der Waals surface area contributed by atoms with Crippen molar-refractivity contribution in [2.24, 2.45) is 5.73 Å². The predicted octanol–water partition coefficient (Wildman–Crippen LogP) is 11.0. The molecule has 13 heteroatoms. The van der Waals surface area contributed by atoms with Gasteiger partial charge < -0.3 is 29.9 Å². The van der Waals surface area contributed by atoms with Crippen molar-refractivity contribution in [1.82, 2.24) is 0 Å². The minimum absolute atomic E-state index is 0.0586. The molecule has 0 aromatic rings. The standard InChI is InChI=1S/C48H76NO11P/c1-3-5-7-9-11-12-13-14-15-16-17-18-19-20-21-22-25-29-33-37-46(50)56-39-42(40-57-61(54,55)58-41-43(49)48(52)53)59-47(51)38-34-30-26-23-24-28-32-36-45-44(60-45)35-31-27-10-8-6-4-2/h11-12,14-15,17-18,20-21,23,25-29,31-32,42-45H,3-10,13,16,19,22,24,30,33-41,49H2,1-2H3,(H,52,53)(H,54,55)/b12-11-,15-14-,18-17-,21-20-,26-23-,29-25-,31-27-,32-28-/t42-,43+,44?,45?/m1/s1. The first-order valence-corrected chi connectivity index (χ1v) is 23.9. The molecule has 1 heterocycles. The molecule has 1 aliphatic heterocycles. The molecule has 4 N–H and O–H groups in total. The molecule has 0 spiro atoms. The lowest BCUT2D eigenvalue weighted by Gasteiger charge is -2.20. The number of aliphatic carboxylic acids is 1. The Labute approximate surface area is 366 Å². The van der Waals surface area contributed by atoms with Crippen molar-refractivity contribution in [3.05, 3.63) is 97.2 Å². The van der Waals surface area contributed by atoms with E-state index in [0.29, 0.717) is 31.5 Å². The Hall–Kier alpha value is -3.64. The number of esters is 2. The number of carboxylic acid groups (broad SMARTS) is 1. The summed E-state index contributed by atoms with van der Waals surface area (Å²) >= 11 is 0. The normalized spacial score (nSPS) is 17.9. The molecule has 0 aromatic carbocycles. The van der Waals surface area contributed by atoms with E-state index in [-0.39, 0.29) is 12.8 Å². The SMILES string of the molecule is CCCCC/C=C\C/C=C\C/C=C\C/C=C\C/C=C\CCC(=O)OC[C@H](COP(=O)(O)OC[C@H](N)C(=O)O)OC(=O)CCC/C=C\C/C=C\CC1OC1C/C=C\CCCCC. The minimum atomic E-state index is -4.76. The Bertz CT molecular complexity index is 1460. The average Bonchev–Trinajstić information content (AvgIpc) is 3.99. The molecule has 0 aromatic heterocycles. The van der Waals surface area contributed by atoms with E-state index in [1.54, 1.807) is 0 Å². The van der Waals surface area contributed by atoms with Crippen LogP contribution in [0.4, 0.5) is 0 Å². The zero-order chi connectivity index (χ0) is 44.7. The van der Waals surface area contributed by atoms with Gasteiger partial charge in [0.1, 0.15) is 12.6 Å². The molecule has 5 atom stereocenters. The third-order valence-electron chi connectivity index (χ3n) is 9.22. The number of phosphoric ester groups is 1. The van der Waals surface area contributed by atoms with Crippen molar-refractivity contribution >= 4 is 25.7 Å². The van der Waals surface area contributed by atoms with Gasteiger partial charge in [0.2, 0.25) is 0 Å². The predicted molar refractivity (Wildman–Crippen MR) is 244 cm³/mol. The van der Waals surface area contributed by atoms with Gasteiger partial charge in [-0.3, -0.25) is 23.4 Å². The highest BCUT2D eigenvalue weighted by atomic mass is 31.2. The Morgan fingerprint density at radius 2 is 1.03 bits per heavy atom. The molecular formula is C48H76NO11P. The number of unbranched alkanes of at least 4 members (excludes halogenated alkanes) is 7. The van der Waals surface area contributed by atoms with Crippen LogP contribution in [0.1, 0.15) is 142 Å². The van der Waals surface area contributed by atoms with Crippen molar-refractivity contribution < 1.29 is 52.2 Å². The lowest BCUT2D eigenvalue weighted by atomic mass is 10.1. The quantitative estimate of drug-likeness (QED) is 0.0175. The van der Waals surface area contributed by atoms with Crippen LogP contribution in [0.3, 0.4) is 0 Å². The lowest BCUT2D eigenvalue weighted by Crippen LogP contribution is -2.34. The number of carbonyl (C=O) groups excluding carboxylic acids is 2. The van der Waals surface area contributed by atoms with E-state index in [4.69, 9.17) is 29.6 Å². The number of carboxylic acids is 1. The second kappa shape index (κ2) is 38.1. The van der Waals surface area contributed by atoms with Gasteiger partial charge in [0.05, 0.1) is 25.4 Å². The van der Waals surface area contributed by atoms with E-state index in [9.17, 15) is 23.8 Å². The van der Waals surface area contributed by atoms with Crippen molar-refractivity contribution in [3.8, 4) is 0 Å². The van der Waals surface area contributed by atoms with Gasteiger partial charge >= 0.3 is 25.7 Å². The highest BCUT2D eigenvalue weighted by Gasteiger charge is 2.36. The summed E-state index contributed by atoms with van der Waals surface area (Å²) in [5.74, 6) is -2.58. The van der Waals surface area contributed by atoms with E-state index in [0.717, 1.165) is 57.8 Å². The molecule has 61 heavy (non-hydrogen) atoms. The zero-order valence-corrected chi connectivity index (χ0v) is 37.8. The molecule has 0 saturated carbocycles. The van der Waals surface area contributed by atoms with Crippen molar-refractivity contribution in [1.29, 1.82) is 0 Å². The molecule has 3 unspecified atom stereocenters. The third kappa shape index (κ3) is 35.6. The highest BCUT2D eigenvalue weighted by molar-refractivity contribution is 7.47. The zero-order valence-electron chi connectivity index (χ0n) is 36.9. The van der Waals surface area contributed by atoms with E-state index in [1.807, 2.05) is 24.3 Å². The van der Waals surface area contributed by atoms with E-state index >= 15 is 0 Å². The van der Waals surface area contributed by atoms with Crippen LogP contribution in [0.2, 0.25) is 0 Å². The lowest BCUT2D eigenvalue weighted by molar-refractivity contribution is -0.161. The summed E-state index contributed by atoms with van der Waals surface area (Å²) in [7, 11) is -4.76. The smallest absolute Gasteiger partial charge is 0.472 e. The minimum Gasteiger partial charge on any atom is -0.480 e. The number of allylic oxidation sites excluding steroid dienone is 14. The summed E-state index contributed by atoms with van der Waals surface area (Å²) in [6.45, 7) is 2.58. The molecule has 0 aliphatic carbocycles. The van der Waals surface area contributed by atoms with Gasteiger partial charge in [-0.2, -0.15) is 0 Å². The number of hydrogen-bond donors (Lipinski definition) is 3. The molecule has 1 saturated heterocycles. The number of carbonyl (C=O) groups is 3. The number of rotatable bonds is 39. The Morgan fingerprint density at radius 1 is 0.590 bits per heavy atom. The largest absolute Gasteiger partial charge is 0.480 e. The summed E-state index contributed by atoms with van der Waals surface area (Å²) in [5.41, 5.74) is 5.33. The first-order chi connectivity index (χ1) is 29.6. The summed E-state index contributed by atoms with van der Waals surface area (Å²) in [4.78, 5) is 46.0. The maximum absolute atomic E-state index is 12.6. The molecule has 0 radical (unpaired) electrons.